The average Bonchev–Trinajstić information content (AvgIpc) is 3.51. The van der Waals surface area contributed by atoms with Crippen LogP contribution in [0.15, 0.2) is 29.9 Å². The lowest BCUT2D eigenvalue weighted by molar-refractivity contribution is 0.0521. The molecule has 3 heterocycles. The topological polar surface area (TPSA) is 92.3 Å². The van der Waals surface area contributed by atoms with Gasteiger partial charge in [-0.25, -0.2) is 14.8 Å². The fourth-order valence-corrected chi connectivity index (χ4v) is 5.68. The van der Waals surface area contributed by atoms with Gasteiger partial charge in [-0.15, -0.1) is 11.3 Å². The molecule has 0 spiro atoms. The molecule has 2 aliphatic rings. The van der Waals surface area contributed by atoms with E-state index in [0.29, 0.717) is 27.8 Å². The number of aromatic nitrogens is 3. The van der Waals surface area contributed by atoms with E-state index in [9.17, 15) is 4.79 Å². The summed E-state index contributed by atoms with van der Waals surface area (Å²) in [6.07, 6.45) is 8.86. The number of anilines is 4. The molecule has 2 aromatic heterocycles. The molecule has 2 N–H and O–H groups in total. The van der Waals surface area contributed by atoms with E-state index < -0.39 is 5.97 Å². The highest BCUT2D eigenvalue weighted by atomic mass is 35.5. The molecule has 0 saturated carbocycles. The average molecular weight is 513 g/mol. The molecule has 3 aromatic rings. The highest BCUT2D eigenvalue weighted by Crippen LogP contribution is 2.31. The minimum atomic E-state index is -0.489. The first kappa shape index (κ1) is 24.0. The number of hydrogen-bond acceptors (Lipinski definition) is 9. The lowest BCUT2D eigenvalue weighted by Crippen LogP contribution is -2.32. The van der Waals surface area contributed by atoms with Crippen molar-refractivity contribution in [2.24, 2.45) is 0 Å². The maximum Gasteiger partial charge on any atom is 0.360 e. The maximum absolute atomic E-state index is 12.1. The highest BCUT2D eigenvalue weighted by Gasteiger charge is 2.24. The second kappa shape index (κ2) is 10.9. The lowest BCUT2D eigenvalue weighted by Gasteiger charge is -2.25. The first-order valence-corrected chi connectivity index (χ1v) is 13.4. The number of carbonyl (C=O) groups excluding carboxylic acids is 1. The van der Waals surface area contributed by atoms with Crippen molar-refractivity contribution < 1.29 is 9.53 Å². The zero-order valence-electron chi connectivity index (χ0n) is 19.7. The maximum atomic E-state index is 12.1. The second-order valence-corrected chi connectivity index (χ2v) is 10.1. The van der Waals surface area contributed by atoms with Crippen LogP contribution in [0, 0.1) is 0 Å². The van der Waals surface area contributed by atoms with Crippen LogP contribution in [-0.2, 0) is 17.6 Å². The second-order valence-electron chi connectivity index (χ2n) is 8.85. The van der Waals surface area contributed by atoms with Crippen LogP contribution in [0.3, 0.4) is 0 Å². The van der Waals surface area contributed by atoms with Crippen LogP contribution >= 0.6 is 22.9 Å². The van der Waals surface area contributed by atoms with Gasteiger partial charge in [0.2, 0.25) is 5.95 Å². The molecule has 1 aromatic carbocycles. The van der Waals surface area contributed by atoms with Crippen LogP contribution in [0.2, 0.25) is 5.02 Å². The summed E-state index contributed by atoms with van der Waals surface area (Å²) in [5, 5.41) is 7.28. The molecular formula is C25H29ClN6O2S. The number of esters is 1. The molecule has 0 unspecified atom stereocenters. The first-order valence-electron chi connectivity index (χ1n) is 12.1. The third-order valence-electron chi connectivity index (χ3n) is 6.63. The van der Waals surface area contributed by atoms with Gasteiger partial charge >= 0.3 is 5.97 Å². The molecular weight excluding hydrogens is 484 g/mol. The number of halogens is 1. The third kappa shape index (κ3) is 5.58. The van der Waals surface area contributed by atoms with Crippen molar-refractivity contribution in [3.05, 3.63) is 51.7 Å². The molecule has 0 radical (unpaired) electrons. The summed E-state index contributed by atoms with van der Waals surface area (Å²) < 4.78 is 5.07. The van der Waals surface area contributed by atoms with Crippen molar-refractivity contribution in [2.45, 2.75) is 51.5 Å². The smallest absolute Gasteiger partial charge is 0.360 e. The fourth-order valence-electron chi connectivity index (χ4n) is 4.87. The molecule has 184 valence electrons. The highest BCUT2D eigenvalue weighted by molar-refractivity contribution is 7.14. The van der Waals surface area contributed by atoms with Gasteiger partial charge in [0, 0.05) is 11.7 Å². The van der Waals surface area contributed by atoms with Gasteiger partial charge in [0.05, 0.1) is 18.3 Å². The number of aryl methyl sites for hydroxylation is 2. The normalized spacial score (nSPS) is 18.1. The van der Waals surface area contributed by atoms with Crippen molar-refractivity contribution in [3.8, 4) is 0 Å². The van der Waals surface area contributed by atoms with Crippen molar-refractivity contribution in [1.82, 2.24) is 19.9 Å². The number of carbonyl (C=O) groups is 1. The largest absolute Gasteiger partial charge is 0.461 e. The minimum absolute atomic E-state index is 0.207. The summed E-state index contributed by atoms with van der Waals surface area (Å²) in [7, 11) is 0. The molecule has 5 rings (SSSR count). The summed E-state index contributed by atoms with van der Waals surface area (Å²) in [5.41, 5.74) is 5.56. The first-order chi connectivity index (χ1) is 17.1. The molecule has 1 saturated heterocycles. The summed E-state index contributed by atoms with van der Waals surface area (Å²) in [5.74, 6) is 0.321. The van der Waals surface area contributed by atoms with Gasteiger partial charge in [-0.2, -0.15) is 4.98 Å². The Morgan fingerprint density at radius 1 is 1.17 bits per heavy atom. The number of ether oxygens (including phenoxy) is 1. The number of fused-ring (bicyclic) bond motifs is 1. The van der Waals surface area contributed by atoms with Crippen LogP contribution in [-0.4, -0.2) is 51.6 Å². The van der Waals surface area contributed by atoms with Crippen LogP contribution in [0.4, 0.5) is 22.5 Å². The Labute approximate surface area is 214 Å². The Balaban J connectivity index is 1.29. The molecule has 1 atom stereocenters. The number of hydrogen-bond donors (Lipinski definition) is 2. The van der Waals surface area contributed by atoms with Gasteiger partial charge in [0.25, 0.3) is 0 Å². The Morgan fingerprint density at radius 2 is 1.97 bits per heavy atom. The predicted molar refractivity (Wildman–Crippen MR) is 139 cm³/mol. The molecule has 0 bridgehead atoms. The van der Waals surface area contributed by atoms with E-state index >= 15 is 0 Å². The lowest BCUT2D eigenvalue weighted by atomic mass is 10.0. The Kier molecular flexibility index (Phi) is 7.46. The van der Waals surface area contributed by atoms with Gasteiger partial charge in [0.15, 0.2) is 11.5 Å². The van der Waals surface area contributed by atoms with E-state index in [1.165, 1.54) is 67.4 Å². The molecule has 1 aliphatic heterocycles. The number of nitrogens with one attached hydrogen (secondary N) is 2. The molecule has 10 heteroatoms. The SMILES string of the molecule is CCOC(=O)c1ncsc1Nc1nc(Nc2ccc3c(c2)CC[C@@H](N2CCCC2)CC3)ncc1Cl. The van der Waals surface area contributed by atoms with E-state index in [-0.39, 0.29) is 12.3 Å². The molecule has 35 heavy (non-hydrogen) atoms. The Hall–Kier alpha value is -2.75. The molecule has 0 amide bonds. The van der Waals surface area contributed by atoms with Crippen molar-refractivity contribution in [3.63, 3.8) is 0 Å². The third-order valence-corrected chi connectivity index (χ3v) is 7.64. The molecule has 1 fully saturated rings. The summed E-state index contributed by atoms with van der Waals surface area (Å²) in [6.45, 7) is 4.53. The number of nitrogens with zero attached hydrogens (tertiary/aromatic N) is 4. The zero-order valence-corrected chi connectivity index (χ0v) is 21.3. The monoisotopic (exact) mass is 512 g/mol. The number of rotatable bonds is 7. The Bertz CT molecular complexity index is 1200. The summed E-state index contributed by atoms with van der Waals surface area (Å²) in [6, 6.07) is 7.22. The van der Waals surface area contributed by atoms with Gasteiger partial charge < -0.3 is 20.3 Å². The van der Waals surface area contributed by atoms with Gasteiger partial charge in [-0.3, -0.25) is 0 Å². The van der Waals surface area contributed by atoms with Crippen LogP contribution < -0.4 is 10.6 Å². The summed E-state index contributed by atoms with van der Waals surface area (Å²) >= 11 is 7.62. The van der Waals surface area contributed by atoms with Crippen molar-refractivity contribution in [2.75, 3.05) is 30.3 Å². The van der Waals surface area contributed by atoms with Gasteiger partial charge in [-0.05, 0) is 81.8 Å². The van der Waals surface area contributed by atoms with E-state index in [0.717, 1.165) is 18.5 Å². The van der Waals surface area contributed by atoms with E-state index in [4.69, 9.17) is 16.3 Å². The van der Waals surface area contributed by atoms with Crippen LogP contribution in [0.25, 0.3) is 0 Å². The van der Waals surface area contributed by atoms with E-state index in [2.05, 4.69) is 48.7 Å². The van der Waals surface area contributed by atoms with Crippen molar-refractivity contribution in [1.29, 1.82) is 0 Å². The fraction of sp³-hybridized carbons (Fsp3) is 0.440. The predicted octanol–water partition coefficient (Wildman–Crippen LogP) is 5.59. The molecule has 1 aliphatic carbocycles. The molecule has 8 nitrogen and oxygen atoms in total. The van der Waals surface area contributed by atoms with Crippen LogP contribution in [0.5, 0.6) is 0 Å². The van der Waals surface area contributed by atoms with Gasteiger partial charge in [-0.1, -0.05) is 17.7 Å². The summed E-state index contributed by atoms with van der Waals surface area (Å²) in [4.78, 5) is 27.8. The van der Waals surface area contributed by atoms with Crippen LogP contribution in [0.1, 0.15) is 54.2 Å². The quantitative estimate of drug-likeness (QED) is 0.312. The number of likely N-dealkylation sites (tertiary alicyclic amines) is 1. The van der Waals surface area contributed by atoms with E-state index in [1.807, 2.05) is 0 Å². The van der Waals surface area contributed by atoms with Gasteiger partial charge in [0.1, 0.15) is 10.0 Å². The number of thiazole rings is 1. The number of benzene rings is 1. The standard InChI is InChI=1S/C25H29ClN6O2S/c1-2-34-24(33)21-23(35-15-28-21)30-22-20(26)14-27-25(31-22)29-18-8-5-16-6-9-19(10-7-17(16)13-18)32-11-3-4-12-32/h5,8,13-15,19H,2-4,6-7,9-12H2,1H3,(H2,27,29,30,31)/t19-/m0/s1. The Morgan fingerprint density at radius 3 is 2.77 bits per heavy atom. The van der Waals surface area contributed by atoms with Crippen molar-refractivity contribution >= 4 is 51.4 Å². The van der Waals surface area contributed by atoms with E-state index in [1.54, 1.807) is 12.4 Å². The zero-order chi connectivity index (χ0) is 24.2. The minimum Gasteiger partial charge on any atom is -0.461 e.